The van der Waals surface area contributed by atoms with Gasteiger partial charge in [-0.2, -0.15) is 0 Å². The third-order valence-corrected chi connectivity index (χ3v) is 5.77. The molecule has 0 aromatic heterocycles. The standard InChI is InChI=1S/C13H21NO2/c1-7-15-10-5-13(6-11(10)16-7)9-3-2-8(4-9)12(13)14/h7-12H,2-6,14H2,1H3/t7-,8-,9+,10?,11-,12+,13+/m1/s1. The molecule has 2 bridgehead atoms. The van der Waals surface area contributed by atoms with Gasteiger partial charge in [0.15, 0.2) is 6.29 Å². The Hall–Kier alpha value is -0.120. The van der Waals surface area contributed by atoms with Gasteiger partial charge in [0.2, 0.25) is 0 Å². The van der Waals surface area contributed by atoms with Crippen molar-refractivity contribution in [2.75, 3.05) is 0 Å². The van der Waals surface area contributed by atoms with Crippen LogP contribution in [0.4, 0.5) is 0 Å². The molecule has 1 aliphatic heterocycles. The Morgan fingerprint density at radius 3 is 2.38 bits per heavy atom. The van der Waals surface area contributed by atoms with Crippen LogP contribution in [-0.2, 0) is 9.47 Å². The summed E-state index contributed by atoms with van der Waals surface area (Å²) in [4.78, 5) is 0. The fourth-order valence-corrected chi connectivity index (χ4v) is 5.10. The number of hydrogen-bond donors (Lipinski definition) is 1. The van der Waals surface area contributed by atoms with E-state index in [0.717, 1.165) is 24.7 Å². The minimum atomic E-state index is 0.00200. The van der Waals surface area contributed by atoms with E-state index in [1.807, 2.05) is 6.92 Å². The first-order valence-corrected chi connectivity index (χ1v) is 6.75. The molecule has 16 heavy (non-hydrogen) atoms. The van der Waals surface area contributed by atoms with Crippen LogP contribution in [0.5, 0.6) is 0 Å². The summed E-state index contributed by atoms with van der Waals surface area (Å²) in [6, 6.07) is 0.416. The van der Waals surface area contributed by atoms with Gasteiger partial charge >= 0.3 is 0 Å². The summed E-state index contributed by atoms with van der Waals surface area (Å²) in [6.07, 6.45) is 7.11. The number of fused-ring (bicyclic) bond motifs is 4. The van der Waals surface area contributed by atoms with E-state index in [4.69, 9.17) is 15.2 Å². The highest BCUT2D eigenvalue weighted by Gasteiger charge is 2.63. The van der Waals surface area contributed by atoms with Crippen molar-refractivity contribution in [2.24, 2.45) is 23.0 Å². The van der Waals surface area contributed by atoms with Crippen molar-refractivity contribution >= 4 is 0 Å². The van der Waals surface area contributed by atoms with E-state index in [2.05, 4.69) is 0 Å². The molecule has 1 saturated heterocycles. The second-order valence-electron chi connectivity index (χ2n) is 6.35. The van der Waals surface area contributed by atoms with Crippen LogP contribution in [0.1, 0.15) is 39.0 Å². The molecule has 0 amide bonds. The molecule has 0 aromatic carbocycles. The molecule has 4 aliphatic rings. The van der Waals surface area contributed by atoms with Gasteiger partial charge in [0.1, 0.15) is 0 Å². The van der Waals surface area contributed by atoms with Crippen LogP contribution in [0.25, 0.3) is 0 Å². The average Bonchev–Trinajstić information content (AvgIpc) is 2.89. The molecule has 7 atom stereocenters. The first-order valence-electron chi connectivity index (χ1n) is 6.75. The van der Waals surface area contributed by atoms with Crippen LogP contribution >= 0.6 is 0 Å². The fourth-order valence-electron chi connectivity index (χ4n) is 5.10. The van der Waals surface area contributed by atoms with E-state index >= 15 is 0 Å². The maximum atomic E-state index is 6.49. The monoisotopic (exact) mass is 223 g/mol. The molecule has 3 heteroatoms. The molecule has 90 valence electrons. The van der Waals surface area contributed by atoms with Crippen molar-refractivity contribution in [2.45, 2.75) is 63.6 Å². The zero-order chi connectivity index (χ0) is 10.9. The Kier molecular flexibility index (Phi) is 1.85. The van der Waals surface area contributed by atoms with Gasteiger partial charge < -0.3 is 15.2 Å². The Bertz CT molecular complexity index is 301. The summed E-state index contributed by atoms with van der Waals surface area (Å²) in [5, 5.41) is 0. The minimum Gasteiger partial charge on any atom is -0.347 e. The van der Waals surface area contributed by atoms with Gasteiger partial charge in [-0.1, -0.05) is 0 Å². The van der Waals surface area contributed by atoms with Gasteiger partial charge in [-0.25, -0.2) is 0 Å². The number of rotatable bonds is 0. The highest BCUT2D eigenvalue weighted by molar-refractivity contribution is 5.14. The van der Waals surface area contributed by atoms with Crippen LogP contribution < -0.4 is 5.73 Å². The fraction of sp³-hybridized carbons (Fsp3) is 1.00. The van der Waals surface area contributed by atoms with E-state index in [-0.39, 0.29) is 6.29 Å². The molecular formula is C13H21NO2. The smallest absolute Gasteiger partial charge is 0.155 e. The summed E-state index contributed by atoms with van der Waals surface area (Å²) >= 11 is 0. The molecule has 1 unspecified atom stereocenters. The van der Waals surface area contributed by atoms with Crippen LogP contribution in [0, 0.1) is 17.3 Å². The van der Waals surface area contributed by atoms with Crippen LogP contribution in [-0.4, -0.2) is 24.5 Å². The molecule has 3 nitrogen and oxygen atoms in total. The van der Waals surface area contributed by atoms with E-state index in [1.165, 1.54) is 19.3 Å². The van der Waals surface area contributed by atoms with Gasteiger partial charge in [0.05, 0.1) is 12.2 Å². The van der Waals surface area contributed by atoms with Crippen LogP contribution in [0.2, 0.25) is 0 Å². The molecule has 1 spiro atoms. The summed E-state index contributed by atoms with van der Waals surface area (Å²) in [5.74, 6) is 1.65. The summed E-state index contributed by atoms with van der Waals surface area (Å²) in [6.45, 7) is 2.01. The number of ether oxygens (including phenoxy) is 2. The van der Waals surface area contributed by atoms with E-state index in [0.29, 0.717) is 23.7 Å². The first kappa shape index (κ1) is 9.86. The Labute approximate surface area is 96.7 Å². The Balaban J connectivity index is 1.62. The van der Waals surface area contributed by atoms with Gasteiger partial charge in [-0.05, 0) is 56.3 Å². The lowest BCUT2D eigenvalue weighted by molar-refractivity contribution is -0.0774. The van der Waals surface area contributed by atoms with E-state index < -0.39 is 0 Å². The summed E-state index contributed by atoms with van der Waals surface area (Å²) < 4.78 is 11.7. The first-order chi connectivity index (χ1) is 7.69. The van der Waals surface area contributed by atoms with Crippen molar-refractivity contribution in [3.8, 4) is 0 Å². The average molecular weight is 223 g/mol. The largest absolute Gasteiger partial charge is 0.347 e. The minimum absolute atomic E-state index is 0.00200. The van der Waals surface area contributed by atoms with Gasteiger partial charge in [-0.3, -0.25) is 0 Å². The van der Waals surface area contributed by atoms with E-state index in [1.54, 1.807) is 0 Å². The Morgan fingerprint density at radius 1 is 1.12 bits per heavy atom. The second-order valence-corrected chi connectivity index (χ2v) is 6.35. The molecule has 3 aliphatic carbocycles. The molecule has 4 rings (SSSR count). The normalized spacial score (nSPS) is 63.4. The molecule has 2 N–H and O–H groups in total. The Morgan fingerprint density at radius 2 is 1.81 bits per heavy atom. The lowest BCUT2D eigenvalue weighted by Crippen LogP contribution is -2.45. The zero-order valence-electron chi connectivity index (χ0n) is 9.89. The number of nitrogens with two attached hydrogens (primary N) is 1. The number of hydrogen-bond acceptors (Lipinski definition) is 3. The van der Waals surface area contributed by atoms with Crippen LogP contribution in [0.15, 0.2) is 0 Å². The maximum Gasteiger partial charge on any atom is 0.155 e. The third-order valence-electron chi connectivity index (χ3n) is 5.77. The summed E-state index contributed by atoms with van der Waals surface area (Å²) in [7, 11) is 0. The molecule has 3 saturated carbocycles. The van der Waals surface area contributed by atoms with Crippen molar-refractivity contribution in [3.05, 3.63) is 0 Å². The van der Waals surface area contributed by atoms with E-state index in [9.17, 15) is 0 Å². The molecule has 1 heterocycles. The topological polar surface area (TPSA) is 44.5 Å². The molecule has 0 aromatic rings. The van der Waals surface area contributed by atoms with Crippen molar-refractivity contribution in [1.29, 1.82) is 0 Å². The second kappa shape index (κ2) is 3.01. The van der Waals surface area contributed by atoms with Gasteiger partial charge in [0, 0.05) is 6.04 Å². The highest BCUT2D eigenvalue weighted by atomic mass is 16.7. The van der Waals surface area contributed by atoms with Gasteiger partial charge in [0.25, 0.3) is 0 Å². The molecule has 0 radical (unpaired) electrons. The lowest BCUT2D eigenvalue weighted by Gasteiger charge is -2.39. The van der Waals surface area contributed by atoms with Gasteiger partial charge in [-0.15, -0.1) is 0 Å². The highest BCUT2D eigenvalue weighted by Crippen LogP contribution is 2.63. The third kappa shape index (κ3) is 1.05. The van der Waals surface area contributed by atoms with Crippen molar-refractivity contribution < 1.29 is 9.47 Å². The quantitative estimate of drug-likeness (QED) is 0.679. The predicted octanol–water partition coefficient (Wildman–Crippen LogP) is 1.65. The van der Waals surface area contributed by atoms with Crippen LogP contribution in [0.3, 0.4) is 0 Å². The SMILES string of the molecule is C[C@@H]1OC2C[C@]3(C[C@H]2O1)[C@H]1CC[C@H](C1)[C@@H]3N. The summed E-state index contributed by atoms with van der Waals surface area (Å²) in [5.41, 5.74) is 6.86. The maximum absolute atomic E-state index is 6.49. The lowest BCUT2D eigenvalue weighted by atomic mass is 9.68. The predicted molar refractivity (Wildman–Crippen MR) is 59.7 cm³/mol. The molecular weight excluding hydrogens is 202 g/mol. The van der Waals surface area contributed by atoms with Crippen molar-refractivity contribution in [1.82, 2.24) is 0 Å². The molecule has 4 fully saturated rings. The van der Waals surface area contributed by atoms with Crippen molar-refractivity contribution in [3.63, 3.8) is 0 Å². The zero-order valence-corrected chi connectivity index (χ0v) is 9.89.